The maximum absolute atomic E-state index is 13.0. The number of rotatable bonds is 2. The molecule has 0 saturated heterocycles. The van der Waals surface area contributed by atoms with Gasteiger partial charge in [0.15, 0.2) is 17.3 Å². The number of carbonyl (C=O) groups is 3. The second-order valence-electron chi connectivity index (χ2n) is 7.64. The van der Waals surface area contributed by atoms with E-state index >= 15 is 0 Å². The van der Waals surface area contributed by atoms with E-state index in [9.17, 15) is 14.4 Å². The van der Waals surface area contributed by atoms with E-state index in [0.29, 0.717) is 24.8 Å². The Balaban J connectivity index is 2.12. The minimum Gasteiger partial charge on any atom is -0.298 e. The highest BCUT2D eigenvalue weighted by Crippen LogP contribution is 2.46. The molecule has 0 spiro atoms. The van der Waals surface area contributed by atoms with Gasteiger partial charge in [0, 0.05) is 23.3 Å². The van der Waals surface area contributed by atoms with Gasteiger partial charge in [-0.05, 0) is 60.6 Å². The lowest BCUT2D eigenvalue weighted by molar-refractivity contribution is -0.133. The number of fused-ring (bicyclic) bond motifs is 1. The molecular weight excluding hydrogens is 320 g/mol. The van der Waals surface area contributed by atoms with Crippen molar-refractivity contribution in [1.29, 1.82) is 0 Å². The number of benzene rings is 1. The third kappa shape index (κ3) is 2.75. The van der Waals surface area contributed by atoms with Crippen LogP contribution >= 0.6 is 11.8 Å². The molecule has 4 heteroatoms. The Bertz CT molecular complexity index is 730. The smallest absolute Gasteiger partial charge is 0.181 e. The summed E-state index contributed by atoms with van der Waals surface area (Å²) in [5.74, 6) is -0.708. The van der Waals surface area contributed by atoms with E-state index in [0.717, 1.165) is 23.3 Å². The standard InChI is InChI=1S/C20H24O3S/c1-11-10-13(18(23)16-14(21)6-5-7-15(16)22)12(2)17-19(11)24-9-8-20(17,3)4/h10,16H,5-9H2,1-4H3. The van der Waals surface area contributed by atoms with Crippen LogP contribution in [0.2, 0.25) is 0 Å². The van der Waals surface area contributed by atoms with Crippen LogP contribution in [-0.4, -0.2) is 23.1 Å². The largest absolute Gasteiger partial charge is 0.298 e. The van der Waals surface area contributed by atoms with Crippen LogP contribution in [0.25, 0.3) is 0 Å². The average molecular weight is 344 g/mol. The maximum atomic E-state index is 13.0. The van der Waals surface area contributed by atoms with Crippen LogP contribution < -0.4 is 0 Å². The number of thioether (sulfide) groups is 1. The Kier molecular flexibility index (Phi) is 4.45. The van der Waals surface area contributed by atoms with Crippen LogP contribution in [0.15, 0.2) is 11.0 Å². The molecule has 1 aromatic rings. The quantitative estimate of drug-likeness (QED) is 0.596. The number of hydrogen-bond donors (Lipinski definition) is 0. The van der Waals surface area contributed by atoms with Gasteiger partial charge in [-0.1, -0.05) is 13.8 Å². The van der Waals surface area contributed by atoms with Crippen LogP contribution in [0.4, 0.5) is 0 Å². The summed E-state index contributed by atoms with van der Waals surface area (Å²) in [5, 5.41) is 0. The molecule has 0 N–H and O–H groups in total. The van der Waals surface area contributed by atoms with Crippen molar-refractivity contribution in [3.63, 3.8) is 0 Å². The van der Waals surface area contributed by atoms with Crippen molar-refractivity contribution < 1.29 is 14.4 Å². The molecule has 0 bridgehead atoms. The highest BCUT2D eigenvalue weighted by molar-refractivity contribution is 7.99. The van der Waals surface area contributed by atoms with Gasteiger partial charge in [-0.15, -0.1) is 11.8 Å². The van der Waals surface area contributed by atoms with Crippen molar-refractivity contribution in [1.82, 2.24) is 0 Å². The lowest BCUT2D eigenvalue weighted by Gasteiger charge is -2.35. The molecule has 2 aliphatic rings. The molecule has 1 heterocycles. The Morgan fingerprint density at radius 1 is 1.17 bits per heavy atom. The van der Waals surface area contributed by atoms with Gasteiger partial charge in [-0.2, -0.15) is 0 Å². The molecule has 1 fully saturated rings. The zero-order valence-electron chi connectivity index (χ0n) is 14.8. The zero-order chi connectivity index (χ0) is 17.6. The number of Topliss-reactive ketones (excluding diaryl/α,β-unsaturated/α-hetero) is 3. The molecule has 1 aliphatic carbocycles. The molecule has 1 aromatic carbocycles. The van der Waals surface area contributed by atoms with E-state index in [1.807, 2.05) is 31.7 Å². The van der Waals surface area contributed by atoms with Gasteiger partial charge in [0.2, 0.25) is 0 Å². The highest BCUT2D eigenvalue weighted by Gasteiger charge is 2.39. The summed E-state index contributed by atoms with van der Waals surface area (Å²) >= 11 is 1.84. The summed E-state index contributed by atoms with van der Waals surface area (Å²) in [7, 11) is 0. The van der Waals surface area contributed by atoms with Crippen molar-refractivity contribution in [2.24, 2.45) is 5.92 Å². The average Bonchev–Trinajstić information content (AvgIpc) is 2.49. The normalized spacial score (nSPS) is 20.8. The fourth-order valence-corrected chi connectivity index (χ4v) is 5.71. The number of aryl methyl sites for hydroxylation is 1. The van der Waals surface area contributed by atoms with Crippen LogP contribution in [0, 0.1) is 19.8 Å². The number of carbonyl (C=O) groups excluding carboxylic acids is 3. The van der Waals surface area contributed by atoms with Crippen LogP contribution in [0.3, 0.4) is 0 Å². The molecule has 1 aliphatic heterocycles. The van der Waals surface area contributed by atoms with Crippen molar-refractivity contribution in [2.75, 3.05) is 5.75 Å². The third-order valence-corrected chi connectivity index (χ3v) is 6.62. The SMILES string of the molecule is Cc1cc(C(=O)C2C(=O)CCCC2=O)c(C)c2c1SCCC2(C)C. The Labute approximate surface area is 147 Å². The molecule has 3 nitrogen and oxygen atoms in total. The molecule has 0 amide bonds. The van der Waals surface area contributed by atoms with Gasteiger partial charge >= 0.3 is 0 Å². The van der Waals surface area contributed by atoms with Gasteiger partial charge in [0.1, 0.15) is 5.92 Å². The molecule has 128 valence electrons. The fourth-order valence-electron chi connectivity index (χ4n) is 4.04. The second-order valence-corrected chi connectivity index (χ2v) is 8.74. The number of hydrogen-bond acceptors (Lipinski definition) is 4. The predicted octanol–water partition coefficient (Wildman–Crippen LogP) is 4.20. The van der Waals surface area contributed by atoms with E-state index in [4.69, 9.17) is 0 Å². The summed E-state index contributed by atoms with van der Waals surface area (Å²) in [4.78, 5) is 38.7. The fraction of sp³-hybridized carbons (Fsp3) is 0.550. The second kappa shape index (κ2) is 6.14. The molecule has 24 heavy (non-hydrogen) atoms. The Hall–Kier alpha value is -1.42. The molecule has 0 radical (unpaired) electrons. The Morgan fingerprint density at radius 2 is 1.79 bits per heavy atom. The first-order valence-corrected chi connectivity index (χ1v) is 9.59. The van der Waals surface area contributed by atoms with Crippen molar-refractivity contribution in [3.05, 3.63) is 28.3 Å². The Morgan fingerprint density at radius 3 is 2.42 bits per heavy atom. The van der Waals surface area contributed by atoms with E-state index < -0.39 is 5.92 Å². The first-order valence-electron chi connectivity index (χ1n) is 8.61. The highest BCUT2D eigenvalue weighted by atomic mass is 32.2. The van der Waals surface area contributed by atoms with Crippen molar-refractivity contribution >= 4 is 29.1 Å². The van der Waals surface area contributed by atoms with E-state index in [2.05, 4.69) is 13.8 Å². The summed E-state index contributed by atoms with van der Waals surface area (Å²) in [6.45, 7) is 8.41. The molecule has 1 saturated carbocycles. The van der Waals surface area contributed by atoms with E-state index in [1.54, 1.807) is 0 Å². The van der Waals surface area contributed by atoms with Gasteiger partial charge in [0.05, 0.1) is 0 Å². The lowest BCUT2D eigenvalue weighted by Crippen LogP contribution is -2.36. The lowest BCUT2D eigenvalue weighted by atomic mass is 9.75. The third-order valence-electron chi connectivity index (χ3n) is 5.39. The van der Waals surface area contributed by atoms with Gasteiger partial charge in [-0.25, -0.2) is 0 Å². The van der Waals surface area contributed by atoms with Gasteiger partial charge in [-0.3, -0.25) is 14.4 Å². The van der Waals surface area contributed by atoms with E-state index in [-0.39, 0.29) is 22.8 Å². The predicted molar refractivity (Wildman–Crippen MR) is 96.0 cm³/mol. The minimum absolute atomic E-state index is 0.00625. The minimum atomic E-state index is -1.07. The van der Waals surface area contributed by atoms with Crippen molar-refractivity contribution in [3.8, 4) is 0 Å². The zero-order valence-corrected chi connectivity index (χ0v) is 15.6. The summed E-state index contributed by atoms with van der Waals surface area (Å²) in [6, 6.07) is 1.89. The van der Waals surface area contributed by atoms with E-state index in [1.165, 1.54) is 10.5 Å². The van der Waals surface area contributed by atoms with Crippen molar-refractivity contribution in [2.45, 2.75) is 63.7 Å². The molecule has 3 rings (SSSR count). The first-order chi connectivity index (χ1) is 11.2. The monoisotopic (exact) mass is 344 g/mol. The maximum Gasteiger partial charge on any atom is 0.181 e. The summed E-state index contributed by atoms with van der Waals surface area (Å²) in [5.41, 5.74) is 3.82. The molecular formula is C20H24O3S. The summed E-state index contributed by atoms with van der Waals surface area (Å²) < 4.78 is 0. The van der Waals surface area contributed by atoms with Crippen LogP contribution in [0.1, 0.15) is 66.6 Å². The topological polar surface area (TPSA) is 51.2 Å². The van der Waals surface area contributed by atoms with Gasteiger partial charge < -0.3 is 0 Å². The molecule has 0 aromatic heterocycles. The summed E-state index contributed by atoms with van der Waals surface area (Å²) in [6.07, 6.45) is 2.32. The number of ketones is 3. The molecule has 0 unspecified atom stereocenters. The first kappa shape index (κ1) is 17.4. The van der Waals surface area contributed by atoms with Crippen LogP contribution in [0.5, 0.6) is 0 Å². The van der Waals surface area contributed by atoms with Gasteiger partial charge in [0.25, 0.3) is 0 Å². The molecule has 0 atom stereocenters. The van der Waals surface area contributed by atoms with Crippen LogP contribution in [-0.2, 0) is 15.0 Å².